The Kier molecular flexibility index (Phi) is 7.56. The van der Waals surface area contributed by atoms with Crippen LogP contribution in [0.2, 0.25) is 0 Å². The Bertz CT molecular complexity index is 1060. The van der Waals surface area contributed by atoms with Crippen LogP contribution in [0, 0.1) is 5.41 Å². The topological polar surface area (TPSA) is 113 Å². The lowest BCUT2D eigenvalue weighted by Gasteiger charge is -2.27. The second-order valence-corrected chi connectivity index (χ2v) is 9.44. The Balaban J connectivity index is 1.42. The second kappa shape index (κ2) is 10.6. The van der Waals surface area contributed by atoms with E-state index in [1.165, 1.54) is 5.69 Å². The lowest BCUT2D eigenvalue weighted by molar-refractivity contribution is -0.148. The summed E-state index contributed by atoms with van der Waals surface area (Å²) in [4.78, 5) is 27.6. The number of aryl methyl sites for hydroxylation is 2. The summed E-state index contributed by atoms with van der Waals surface area (Å²) < 4.78 is 7.49. The van der Waals surface area contributed by atoms with Crippen LogP contribution in [-0.2, 0) is 27.3 Å². The minimum atomic E-state index is -0.556. The van der Waals surface area contributed by atoms with Gasteiger partial charge in [-0.3, -0.25) is 15.0 Å². The Hall–Kier alpha value is -2.87. The molecule has 1 saturated carbocycles. The predicted molar refractivity (Wildman–Crippen MR) is 133 cm³/mol. The van der Waals surface area contributed by atoms with E-state index in [4.69, 9.17) is 15.9 Å². The quantitative estimate of drug-likeness (QED) is 0.267. The highest BCUT2D eigenvalue weighted by molar-refractivity contribution is 5.98. The van der Waals surface area contributed by atoms with Crippen LogP contribution in [0.25, 0.3) is 10.9 Å². The number of hydrogen-bond donors (Lipinski definition) is 3. The van der Waals surface area contributed by atoms with Gasteiger partial charge in [0.25, 0.3) is 0 Å². The summed E-state index contributed by atoms with van der Waals surface area (Å²) in [7, 11) is 0. The number of nitrogens with one attached hydrogen (secondary N) is 2. The molecule has 0 radical (unpaired) electrons. The van der Waals surface area contributed by atoms with E-state index in [1.54, 1.807) is 6.92 Å². The summed E-state index contributed by atoms with van der Waals surface area (Å²) in [5.41, 5.74) is 8.75. The number of nitrogens with zero attached hydrogens (tertiary/aromatic N) is 2. The molecule has 1 amide bonds. The molecule has 2 heterocycles. The molecule has 1 aromatic carbocycles. The van der Waals surface area contributed by atoms with Gasteiger partial charge in [0.05, 0.1) is 13.0 Å². The Labute approximate surface area is 201 Å². The normalized spacial score (nSPS) is 18.9. The van der Waals surface area contributed by atoms with Gasteiger partial charge in [0.15, 0.2) is 0 Å². The molecule has 2 aliphatic rings. The zero-order valence-corrected chi connectivity index (χ0v) is 20.3. The van der Waals surface area contributed by atoms with Crippen LogP contribution in [0.1, 0.15) is 63.6 Å². The van der Waals surface area contributed by atoms with Gasteiger partial charge in [0.1, 0.15) is 11.9 Å². The van der Waals surface area contributed by atoms with Crippen LogP contribution >= 0.6 is 0 Å². The molecule has 2 fully saturated rings. The van der Waals surface area contributed by atoms with E-state index in [0.29, 0.717) is 12.6 Å². The summed E-state index contributed by atoms with van der Waals surface area (Å²) in [6.07, 6.45) is 6.01. The van der Waals surface area contributed by atoms with Crippen LogP contribution in [-0.4, -0.2) is 58.5 Å². The van der Waals surface area contributed by atoms with Crippen LogP contribution in [0.4, 0.5) is 0 Å². The molecule has 1 saturated heterocycles. The lowest BCUT2D eigenvalue weighted by Crippen LogP contribution is -2.45. The lowest BCUT2D eigenvalue weighted by atomic mass is 10.1. The molecule has 4 N–H and O–H groups in total. The van der Waals surface area contributed by atoms with Gasteiger partial charge in [0, 0.05) is 41.9 Å². The van der Waals surface area contributed by atoms with Crippen LogP contribution in [0.3, 0.4) is 0 Å². The summed E-state index contributed by atoms with van der Waals surface area (Å²) in [5, 5.41) is 12.2. The van der Waals surface area contributed by atoms with Crippen molar-refractivity contribution in [2.45, 2.75) is 83.5 Å². The molecule has 34 heavy (non-hydrogen) atoms. The van der Waals surface area contributed by atoms with Gasteiger partial charge >= 0.3 is 5.97 Å². The van der Waals surface area contributed by atoms with E-state index < -0.39 is 6.04 Å². The van der Waals surface area contributed by atoms with Crippen molar-refractivity contribution in [3.05, 3.63) is 35.5 Å². The summed E-state index contributed by atoms with van der Waals surface area (Å²) in [5.74, 6) is -0.212. The number of aromatic nitrogens is 1. The second-order valence-electron chi connectivity index (χ2n) is 9.44. The van der Waals surface area contributed by atoms with Gasteiger partial charge in [-0.15, -0.1) is 0 Å². The Morgan fingerprint density at radius 3 is 2.71 bits per heavy atom. The number of nitrogens with two attached hydrogens (primary N) is 1. The highest BCUT2D eigenvalue weighted by Crippen LogP contribution is 2.27. The predicted octanol–water partition coefficient (Wildman–Crippen LogP) is 2.94. The molecule has 1 aliphatic heterocycles. The average Bonchev–Trinajstić information content (AvgIpc) is 3.38. The van der Waals surface area contributed by atoms with Crippen LogP contribution in [0.15, 0.2) is 24.3 Å². The molecule has 2 aromatic rings. The van der Waals surface area contributed by atoms with Crippen molar-refractivity contribution in [2.75, 3.05) is 13.2 Å². The fraction of sp³-hybridized carbons (Fsp3) is 0.577. The Morgan fingerprint density at radius 2 is 2.03 bits per heavy atom. The monoisotopic (exact) mass is 467 g/mol. The minimum Gasteiger partial charge on any atom is -0.465 e. The molecule has 2 atom stereocenters. The zero-order chi connectivity index (χ0) is 24.2. The first-order valence-electron chi connectivity index (χ1n) is 12.6. The Morgan fingerprint density at radius 1 is 1.24 bits per heavy atom. The molecule has 0 bridgehead atoms. The van der Waals surface area contributed by atoms with Gasteiger partial charge in [0.2, 0.25) is 5.91 Å². The van der Waals surface area contributed by atoms with E-state index in [2.05, 4.69) is 22.9 Å². The molecular weight excluding hydrogens is 430 g/mol. The maximum Gasteiger partial charge on any atom is 0.323 e. The highest BCUT2D eigenvalue weighted by Gasteiger charge is 2.35. The first-order valence-corrected chi connectivity index (χ1v) is 12.6. The van der Waals surface area contributed by atoms with Gasteiger partial charge in [-0.05, 0) is 69.9 Å². The maximum absolute atomic E-state index is 13.2. The van der Waals surface area contributed by atoms with Gasteiger partial charge in [-0.2, -0.15) is 0 Å². The maximum atomic E-state index is 13.2. The van der Waals surface area contributed by atoms with Gasteiger partial charge < -0.3 is 25.3 Å². The number of likely N-dealkylation sites (tertiary alicyclic amines) is 1. The molecular formula is C26H37N5O3. The van der Waals surface area contributed by atoms with Crippen molar-refractivity contribution in [1.82, 2.24) is 14.8 Å². The summed E-state index contributed by atoms with van der Waals surface area (Å²) in [6, 6.07) is 8.07. The number of fused-ring (bicyclic) bond motifs is 1. The van der Waals surface area contributed by atoms with E-state index >= 15 is 0 Å². The van der Waals surface area contributed by atoms with Gasteiger partial charge in [-0.1, -0.05) is 12.1 Å². The molecule has 8 nitrogen and oxygen atoms in total. The number of ether oxygens (including phenoxy) is 1. The number of amidine groups is 1. The van der Waals surface area contributed by atoms with E-state index in [0.717, 1.165) is 68.1 Å². The molecule has 4 rings (SSSR count). The van der Waals surface area contributed by atoms with Crippen molar-refractivity contribution < 1.29 is 14.3 Å². The molecule has 1 aromatic heterocycles. The summed E-state index contributed by atoms with van der Waals surface area (Å²) in [6.45, 7) is 5.82. The smallest absolute Gasteiger partial charge is 0.323 e. The zero-order valence-electron chi connectivity index (χ0n) is 20.3. The van der Waals surface area contributed by atoms with Crippen molar-refractivity contribution in [1.29, 1.82) is 5.41 Å². The number of rotatable bonds is 11. The van der Waals surface area contributed by atoms with Crippen molar-refractivity contribution in [3.63, 3.8) is 0 Å². The van der Waals surface area contributed by atoms with Gasteiger partial charge in [-0.25, -0.2) is 0 Å². The molecule has 0 spiro atoms. The number of nitrogen functional groups attached to an aromatic ring is 1. The van der Waals surface area contributed by atoms with Crippen LogP contribution < -0.4 is 11.1 Å². The van der Waals surface area contributed by atoms with E-state index in [9.17, 15) is 9.59 Å². The minimum absolute atomic E-state index is 0.0378. The summed E-state index contributed by atoms with van der Waals surface area (Å²) >= 11 is 0. The largest absolute Gasteiger partial charge is 0.465 e. The van der Waals surface area contributed by atoms with Crippen molar-refractivity contribution in [3.8, 4) is 0 Å². The van der Waals surface area contributed by atoms with Crippen molar-refractivity contribution >= 4 is 28.6 Å². The number of amides is 1. The SMILES string of the molecule is CCOC(=O)C(CC(=O)N1CCCC1CCc1cc2ccc(C(=N)N)cc2n1CC)NC1CC1. The number of carbonyl (C=O) groups excluding carboxylic acids is 2. The highest BCUT2D eigenvalue weighted by atomic mass is 16.5. The first-order chi connectivity index (χ1) is 16.4. The average molecular weight is 468 g/mol. The molecule has 184 valence electrons. The van der Waals surface area contributed by atoms with Crippen molar-refractivity contribution in [2.24, 2.45) is 5.73 Å². The molecule has 8 heteroatoms. The number of hydrogen-bond acceptors (Lipinski definition) is 5. The van der Waals surface area contributed by atoms with E-state index in [-0.39, 0.29) is 30.2 Å². The number of esters is 1. The standard InChI is InChI=1S/C26H37N5O3/c1-3-30-21(14-17-7-8-18(25(27)28)15-23(17)30)12-11-20-6-5-13-31(20)24(32)16-22(26(33)34-4-2)29-19-9-10-19/h7-8,14-15,19-20,22,29H,3-6,9-13,16H2,1-2H3,(H3,27,28). The third kappa shape index (κ3) is 5.43. The van der Waals surface area contributed by atoms with E-state index in [1.807, 2.05) is 23.1 Å². The third-order valence-corrected chi connectivity index (χ3v) is 7.01. The molecule has 2 unspecified atom stereocenters. The molecule has 1 aliphatic carbocycles. The first kappa shape index (κ1) is 24.3. The number of benzene rings is 1. The van der Waals surface area contributed by atoms with Crippen LogP contribution in [0.5, 0.6) is 0 Å². The fourth-order valence-corrected chi connectivity index (χ4v) is 5.12. The number of carbonyl (C=O) groups is 2. The third-order valence-electron chi connectivity index (χ3n) is 7.01. The fourth-order valence-electron chi connectivity index (χ4n) is 5.12.